The molecule has 0 saturated carbocycles. The molecule has 28 heavy (non-hydrogen) atoms. The van der Waals surface area contributed by atoms with Crippen molar-refractivity contribution in [2.45, 2.75) is 50.8 Å². The number of hydrogen-bond acceptors (Lipinski definition) is 7. The van der Waals surface area contributed by atoms with E-state index in [1.165, 1.54) is 12.8 Å². The van der Waals surface area contributed by atoms with Gasteiger partial charge in [0.25, 0.3) is 0 Å². The molecule has 0 radical (unpaired) electrons. The van der Waals surface area contributed by atoms with Crippen LogP contribution in [0, 0.1) is 6.92 Å². The van der Waals surface area contributed by atoms with Gasteiger partial charge in [-0.2, -0.15) is 0 Å². The molecule has 2 unspecified atom stereocenters. The van der Waals surface area contributed by atoms with E-state index in [0.717, 1.165) is 18.6 Å². The molecule has 7 nitrogen and oxygen atoms in total. The third kappa shape index (κ3) is 3.33. The van der Waals surface area contributed by atoms with Gasteiger partial charge < -0.3 is 19.6 Å². The molecule has 0 spiro atoms. The molecule has 0 amide bonds. The van der Waals surface area contributed by atoms with Crippen molar-refractivity contribution < 1.29 is 14.3 Å². The van der Waals surface area contributed by atoms with Gasteiger partial charge in [0.05, 0.1) is 11.9 Å². The summed E-state index contributed by atoms with van der Waals surface area (Å²) in [5.41, 5.74) is 1.90. The van der Waals surface area contributed by atoms with Crippen LogP contribution in [0.15, 0.2) is 40.9 Å². The molecule has 3 aromatic rings. The van der Waals surface area contributed by atoms with Gasteiger partial charge >= 0.3 is 0 Å². The Morgan fingerprint density at radius 3 is 2.57 bits per heavy atom. The van der Waals surface area contributed by atoms with Gasteiger partial charge in [-0.1, -0.05) is 0 Å². The fourth-order valence-electron chi connectivity index (χ4n) is 4.17. The van der Waals surface area contributed by atoms with Crippen LogP contribution in [0.4, 0.5) is 0 Å². The maximum Gasteiger partial charge on any atom is 0.233 e. The number of aryl methyl sites for hydroxylation is 1. The first-order valence-electron chi connectivity index (χ1n) is 9.66. The summed E-state index contributed by atoms with van der Waals surface area (Å²) in [6.45, 7) is 1.83. The van der Waals surface area contributed by atoms with E-state index in [4.69, 9.17) is 9.15 Å². The number of rotatable bonds is 4. The fourth-order valence-corrected chi connectivity index (χ4v) is 4.17. The van der Waals surface area contributed by atoms with Crippen LogP contribution in [0.25, 0.3) is 22.7 Å². The zero-order valence-electron chi connectivity index (χ0n) is 15.6. The third-order valence-electron chi connectivity index (χ3n) is 5.50. The Hall–Kier alpha value is -2.93. The molecule has 1 aromatic carbocycles. The molecule has 2 aromatic heterocycles. The van der Waals surface area contributed by atoms with Crippen LogP contribution in [-0.4, -0.2) is 38.5 Å². The summed E-state index contributed by atoms with van der Waals surface area (Å²) in [6, 6.07) is 10.0. The zero-order valence-corrected chi connectivity index (χ0v) is 15.6. The van der Waals surface area contributed by atoms with Gasteiger partial charge in [0.15, 0.2) is 0 Å². The van der Waals surface area contributed by atoms with Gasteiger partial charge in [-0.3, -0.25) is 0 Å². The summed E-state index contributed by atoms with van der Waals surface area (Å²) < 4.78 is 11.5. The highest BCUT2D eigenvalue weighted by molar-refractivity contribution is 5.71. The number of oxazole rings is 1. The van der Waals surface area contributed by atoms with Gasteiger partial charge in [0, 0.05) is 29.3 Å². The Labute approximate surface area is 162 Å². The number of nitrogens with one attached hydrogen (secondary N) is 1. The van der Waals surface area contributed by atoms with Gasteiger partial charge in [-0.25, -0.2) is 4.98 Å². The Morgan fingerprint density at radius 2 is 1.93 bits per heavy atom. The first kappa shape index (κ1) is 17.2. The predicted octanol–water partition coefficient (Wildman–Crippen LogP) is 3.47. The molecule has 2 fully saturated rings. The number of aromatic hydroxyl groups is 1. The molecule has 2 aliphatic rings. The number of phenolic OH excluding ortho intramolecular Hbond substituents is 1. The van der Waals surface area contributed by atoms with Crippen molar-refractivity contribution in [3.63, 3.8) is 0 Å². The highest BCUT2D eigenvalue weighted by Crippen LogP contribution is 2.33. The summed E-state index contributed by atoms with van der Waals surface area (Å²) in [5.74, 6) is 1.83. The lowest BCUT2D eigenvalue weighted by atomic mass is 10.0. The number of benzene rings is 1. The minimum Gasteiger partial charge on any atom is -0.507 e. The Kier molecular flexibility index (Phi) is 4.24. The smallest absolute Gasteiger partial charge is 0.233 e. The topological polar surface area (TPSA) is 93.3 Å². The second-order valence-corrected chi connectivity index (χ2v) is 7.61. The summed E-state index contributed by atoms with van der Waals surface area (Å²) >= 11 is 0. The van der Waals surface area contributed by atoms with E-state index in [1.54, 1.807) is 18.3 Å². The summed E-state index contributed by atoms with van der Waals surface area (Å²) in [6.07, 6.45) is 6.34. The lowest BCUT2D eigenvalue weighted by molar-refractivity contribution is 0.130. The van der Waals surface area contributed by atoms with Crippen LogP contribution in [0.1, 0.15) is 31.4 Å². The van der Waals surface area contributed by atoms with E-state index >= 15 is 0 Å². The molecule has 7 heteroatoms. The number of fused-ring (bicyclic) bond motifs is 2. The standard InChI is InChI=1S/C21H22N4O3/c1-12-11-22-21(27-12)13-2-5-17(19(26)8-13)18-6-7-20(25-24-18)28-16-9-14-3-4-15(10-16)23-14/h2,5-8,11,14-16,23,26H,3-4,9-10H2,1H3/t14-,15?,16?/m1/s1. The van der Waals surface area contributed by atoms with Crippen molar-refractivity contribution in [2.75, 3.05) is 0 Å². The first-order chi connectivity index (χ1) is 13.6. The highest BCUT2D eigenvalue weighted by atomic mass is 16.5. The SMILES string of the molecule is Cc1cnc(-c2ccc(-c3ccc(OC4CC5CC[C@H](C4)N5)nn3)c(O)c2)o1. The van der Waals surface area contributed by atoms with Crippen molar-refractivity contribution in [1.82, 2.24) is 20.5 Å². The highest BCUT2D eigenvalue weighted by Gasteiger charge is 2.34. The third-order valence-corrected chi connectivity index (χ3v) is 5.50. The number of aromatic nitrogens is 3. The van der Waals surface area contributed by atoms with Crippen molar-refractivity contribution in [2.24, 2.45) is 0 Å². The average molecular weight is 378 g/mol. The van der Waals surface area contributed by atoms with Crippen molar-refractivity contribution in [3.05, 3.63) is 42.3 Å². The summed E-state index contributed by atoms with van der Waals surface area (Å²) in [5, 5.41) is 22.5. The molecule has 2 aliphatic heterocycles. The second-order valence-electron chi connectivity index (χ2n) is 7.61. The normalized spacial score (nSPS) is 23.7. The van der Waals surface area contributed by atoms with Gasteiger partial charge in [-0.15, -0.1) is 10.2 Å². The van der Waals surface area contributed by atoms with Crippen molar-refractivity contribution in [3.8, 4) is 34.3 Å². The largest absolute Gasteiger partial charge is 0.507 e. The number of nitrogens with zero attached hydrogens (tertiary/aromatic N) is 3. The number of ether oxygens (including phenoxy) is 1. The quantitative estimate of drug-likeness (QED) is 0.718. The van der Waals surface area contributed by atoms with Crippen LogP contribution in [0.5, 0.6) is 11.6 Å². The van der Waals surface area contributed by atoms with E-state index in [0.29, 0.717) is 40.7 Å². The van der Waals surface area contributed by atoms with Gasteiger partial charge in [0.1, 0.15) is 17.6 Å². The molecule has 2 N–H and O–H groups in total. The number of phenols is 1. The Balaban J connectivity index is 1.31. The maximum atomic E-state index is 10.4. The summed E-state index contributed by atoms with van der Waals surface area (Å²) in [7, 11) is 0. The van der Waals surface area contributed by atoms with Crippen LogP contribution in [0.3, 0.4) is 0 Å². The first-order valence-corrected chi connectivity index (χ1v) is 9.66. The molecule has 2 saturated heterocycles. The molecule has 3 atom stereocenters. The molecule has 4 heterocycles. The minimum atomic E-state index is 0.103. The lowest BCUT2D eigenvalue weighted by Gasteiger charge is -2.28. The second kappa shape index (κ2) is 6.91. The van der Waals surface area contributed by atoms with Crippen molar-refractivity contribution in [1.29, 1.82) is 0 Å². The van der Waals surface area contributed by atoms with Crippen LogP contribution in [0.2, 0.25) is 0 Å². The molecule has 2 bridgehead atoms. The number of piperidine rings is 1. The van der Waals surface area contributed by atoms with Crippen LogP contribution >= 0.6 is 0 Å². The van der Waals surface area contributed by atoms with Gasteiger partial charge in [-0.05, 0) is 56.9 Å². The summed E-state index contributed by atoms with van der Waals surface area (Å²) in [4.78, 5) is 4.18. The van der Waals surface area contributed by atoms with Crippen molar-refractivity contribution >= 4 is 0 Å². The molecular weight excluding hydrogens is 356 g/mol. The Bertz CT molecular complexity index is 974. The van der Waals surface area contributed by atoms with E-state index in [9.17, 15) is 5.11 Å². The molecule has 0 aliphatic carbocycles. The zero-order chi connectivity index (χ0) is 19.1. The predicted molar refractivity (Wildman–Crippen MR) is 103 cm³/mol. The fraction of sp³-hybridized carbons (Fsp3) is 0.381. The molecule has 144 valence electrons. The van der Waals surface area contributed by atoms with Gasteiger partial charge in [0.2, 0.25) is 11.8 Å². The van der Waals surface area contributed by atoms with Crippen LogP contribution < -0.4 is 10.1 Å². The maximum absolute atomic E-state index is 10.4. The molecular formula is C21H22N4O3. The van der Waals surface area contributed by atoms with Crippen LogP contribution in [-0.2, 0) is 0 Å². The molecule has 5 rings (SSSR count). The van der Waals surface area contributed by atoms with E-state index in [1.807, 2.05) is 25.1 Å². The van der Waals surface area contributed by atoms with E-state index in [2.05, 4.69) is 20.5 Å². The minimum absolute atomic E-state index is 0.103. The monoisotopic (exact) mass is 378 g/mol. The van der Waals surface area contributed by atoms with E-state index < -0.39 is 0 Å². The average Bonchev–Trinajstić information content (AvgIpc) is 3.27. The van der Waals surface area contributed by atoms with E-state index in [-0.39, 0.29) is 11.9 Å². The lowest BCUT2D eigenvalue weighted by Crippen LogP contribution is -2.42. The Morgan fingerprint density at radius 1 is 1.11 bits per heavy atom. The number of hydrogen-bond donors (Lipinski definition) is 2.